The first kappa shape index (κ1) is 24.4. The Morgan fingerprint density at radius 3 is 2.69 bits per heavy atom. The van der Waals surface area contributed by atoms with Crippen LogP contribution in [-0.4, -0.2) is 62.2 Å². The quantitative estimate of drug-likeness (QED) is 0.340. The summed E-state index contributed by atoms with van der Waals surface area (Å²) in [5.74, 6) is 2.47. The standard InChI is InChI=1S/C23H38N4O.HI/c1-4-24-23(27-13-11-20(16-27)18-28-3)25-14-21-9-5-6-10-22(21)17-26-12-7-8-19(2)15-26;/h5-6,9-10,19-20H,4,7-8,11-18H2,1-3H3,(H,24,25);1H. The van der Waals surface area contributed by atoms with Crippen molar-refractivity contribution in [1.29, 1.82) is 0 Å². The summed E-state index contributed by atoms with van der Waals surface area (Å²) in [5.41, 5.74) is 2.78. The first-order valence-corrected chi connectivity index (χ1v) is 11.0. The molecular weight excluding hydrogens is 475 g/mol. The van der Waals surface area contributed by atoms with Gasteiger partial charge in [-0.2, -0.15) is 0 Å². The Morgan fingerprint density at radius 2 is 1.97 bits per heavy atom. The van der Waals surface area contributed by atoms with Crippen LogP contribution < -0.4 is 5.32 Å². The SMILES string of the molecule is CCNC(=NCc1ccccc1CN1CCCC(C)C1)N1CCC(COC)C1.I. The van der Waals surface area contributed by atoms with Gasteiger partial charge in [-0.3, -0.25) is 4.90 Å². The number of nitrogens with zero attached hydrogens (tertiary/aromatic N) is 3. The van der Waals surface area contributed by atoms with Crippen LogP contribution in [0.25, 0.3) is 0 Å². The molecular formula is C23H39IN4O. The summed E-state index contributed by atoms with van der Waals surface area (Å²) in [4.78, 5) is 10.0. The number of ether oxygens (including phenoxy) is 1. The molecule has 0 bridgehead atoms. The second-order valence-electron chi connectivity index (χ2n) is 8.48. The van der Waals surface area contributed by atoms with Gasteiger partial charge in [-0.1, -0.05) is 31.2 Å². The van der Waals surface area contributed by atoms with E-state index in [9.17, 15) is 0 Å². The summed E-state index contributed by atoms with van der Waals surface area (Å²) < 4.78 is 5.35. The van der Waals surface area contributed by atoms with Gasteiger partial charge < -0.3 is 15.0 Å². The molecule has 2 atom stereocenters. The van der Waals surface area contributed by atoms with E-state index in [0.717, 1.165) is 51.2 Å². The molecule has 6 heteroatoms. The molecule has 1 aromatic rings. The number of likely N-dealkylation sites (tertiary alicyclic amines) is 2. The fourth-order valence-corrected chi connectivity index (χ4v) is 4.52. The molecule has 0 aromatic heterocycles. The smallest absolute Gasteiger partial charge is 0.194 e. The zero-order valence-corrected chi connectivity index (χ0v) is 20.7. The summed E-state index contributed by atoms with van der Waals surface area (Å²) >= 11 is 0. The summed E-state index contributed by atoms with van der Waals surface area (Å²) in [6.45, 7) is 12.6. The summed E-state index contributed by atoms with van der Waals surface area (Å²) in [5, 5.41) is 3.49. The molecule has 2 fully saturated rings. The minimum Gasteiger partial charge on any atom is -0.384 e. The van der Waals surface area contributed by atoms with Crippen LogP contribution in [0.1, 0.15) is 44.2 Å². The summed E-state index contributed by atoms with van der Waals surface area (Å²) in [6, 6.07) is 8.83. The highest BCUT2D eigenvalue weighted by molar-refractivity contribution is 14.0. The molecule has 5 nitrogen and oxygen atoms in total. The van der Waals surface area contributed by atoms with E-state index in [1.807, 2.05) is 0 Å². The van der Waals surface area contributed by atoms with Crippen LogP contribution in [-0.2, 0) is 17.8 Å². The highest BCUT2D eigenvalue weighted by Crippen LogP contribution is 2.21. The topological polar surface area (TPSA) is 40.1 Å². The number of nitrogens with one attached hydrogen (secondary N) is 1. The number of guanidine groups is 1. The lowest BCUT2D eigenvalue weighted by Crippen LogP contribution is -2.40. The van der Waals surface area contributed by atoms with Crippen LogP contribution >= 0.6 is 24.0 Å². The Hall–Kier alpha value is -0.860. The van der Waals surface area contributed by atoms with Crippen molar-refractivity contribution >= 4 is 29.9 Å². The molecule has 29 heavy (non-hydrogen) atoms. The zero-order valence-electron chi connectivity index (χ0n) is 18.4. The Morgan fingerprint density at radius 1 is 1.17 bits per heavy atom. The van der Waals surface area contributed by atoms with E-state index in [-0.39, 0.29) is 24.0 Å². The normalized spacial score (nSPS) is 23.1. The van der Waals surface area contributed by atoms with Gasteiger partial charge in [-0.25, -0.2) is 4.99 Å². The van der Waals surface area contributed by atoms with Crippen molar-refractivity contribution in [2.75, 3.05) is 46.4 Å². The second-order valence-corrected chi connectivity index (χ2v) is 8.48. The minimum absolute atomic E-state index is 0. The second kappa shape index (κ2) is 12.7. The number of halogens is 1. The van der Waals surface area contributed by atoms with Crippen LogP contribution in [0.15, 0.2) is 29.3 Å². The van der Waals surface area contributed by atoms with E-state index in [1.165, 1.54) is 43.5 Å². The maximum atomic E-state index is 5.35. The van der Waals surface area contributed by atoms with E-state index in [2.05, 4.69) is 53.2 Å². The lowest BCUT2D eigenvalue weighted by Gasteiger charge is -2.31. The molecule has 3 rings (SSSR count). The number of methoxy groups -OCH3 is 1. The van der Waals surface area contributed by atoms with Crippen molar-refractivity contribution < 1.29 is 4.74 Å². The molecule has 0 aliphatic carbocycles. The maximum absolute atomic E-state index is 5.35. The molecule has 2 aliphatic heterocycles. The van der Waals surface area contributed by atoms with Gasteiger partial charge in [0, 0.05) is 45.8 Å². The van der Waals surface area contributed by atoms with E-state index in [4.69, 9.17) is 9.73 Å². The maximum Gasteiger partial charge on any atom is 0.194 e. The molecule has 2 aliphatic rings. The number of hydrogen-bond acceptors (Lipinski definition) is 3. The molecule has 164 valence electrons. The third-order valence-corrected chi connectivity index (χ3v) is 5.98. The molecule has 0 radical (unpaired) electrons. The molecule has 0 amide bonds. The number of rotatable bonds is 7. The lowest BCUT2D eigenvalue weighted by atomic mass is 9.99. The number of hydrogen-bond donors (Lipinski definition) is 1. The van der Waals surface area contributed by atoms with Crippen molar-refractivity contribution in [3.05, 3.63) is 35.4 Å². The Balaban J connectivity index is 0.00000300. The number of benzene rings is 1. The first-order chi connectivity index (χ1) is 13.7. The van der Waals surface area contributed by atoms with Crippen LogP contribution in [0.5, 0.6) is 0 Å². The van der Waals surface area contributed by atoms with Gasteiger partial charge in [0.1, 0.15) is 0 Å². The van der Waals surface area contributed by atoms with Gasteiger partial charge in [0.2, 0.25) is 0 Å². The summed E-state index contributed by atoms with van der Waals surface area (Å²) in [7, 11) is 1.79. The monoisotopic (exact) mass is 514 g/mol. The average molecular weight is 514 g/mol. The van der Waals surface area contributed by atoms with Crippen LogP contribution in [0.2, 0.25) is 0 Å². The van der Waals surface area contributed by atoms with Gasteiger partial charge in [-0.05, 0) is 49.8 Å². The van der Waals surface area contributed by atoms with Crippen molar-refractivity contribution in [3.63, 3.8) is 0 Å². The van der Waals surface area contributed by atoms with E-state index in [0.29, 0.717) is 5.92 Å². The number of aliphatic imine (C=N–C) groups is 1. The predicted molar refractivity (Wildman–Crippen MR) is 132 cm³/mol. The van der Waals surface area contributed by atoms with Crippen molar-refractivity contribution in [2.45, 2.75) is 46.2 Å². The average Bonchev–Trinajstić information content (AvgIpc) is 3.15. The van der Waals surface area contributed by atoms with Gasteiger partial charge in [0.15, 0.2) is 5.96 Å². The Kier molecular flexibility index (Phi) is 10.7. The molecule has 2 unspecified atom stereocenters. The van der Waals surface area contributed by atoms with Crippen LogP contribution in [0.4, 0.5) is 0 Å². The first-order valence-electron chi connectivity index (χ1n) is 11.0. The van der Waals surface area contributed by atoms with Crippen molar-refractivity contribution in [3.8, 4) is 0 Å². The molecule has 1 N–H and O–H groups in total. The van der Waals surface area contributed by atoms with Gasteiger partial charge >= 0.3 is 0 Å². The highest BCUT2D eigenvalue weighted by Gasteiger charge is 2.24. The predicted octanol–water partition coefficient (Wildman–Crippen LogP) is 3.97. The van der Waals surface area contributed by atoms with E-state index < -0.39 is 0 Å². The van der Waals surface area contributed by atoms with Gasteiger partial charge in [-0.15, -0.1) is 24.0 Å². The lowest BCUT2D eigenvalue weighted by molar-refractivity contribution is 0.157. The largest absolute Gasteiger partial charge is 0.384 e. The Labute approximate surface area is 194 Å². The molecule has 0 spiro atoms. The third kappa shape index (κ3) is 7.40. The molecule has 2 heterocycles. The van der Waals surface area contributed by atoms with Crippen molar-refractivity contribution in [1.82, 2.24) is 15.1 Å². The third-order valence-electron chi connectivity index (χ3n) is 5.98. The number of piperidine rings is 1. The van der Waals surface area contributed by atoms with Crippen LogP contribution in [0.3, 0.4) is 0 Å². The van der Waals surface area contributed by atoms with E-state index >= 15 is 0 Å². The fourth-order valence-electron chi connectivity index (χ4n) is 4.52. The fraction of sp³-hybridized carbons (Fsp3) is 0.696. The Bertz CT molecular complexity index is 639. The van der Waals surface area contributed by atoms with E-state index in [1.54, 1.807) is 7.11 Å². The highest BCUT2D eigenvalue weighted by atomic mass is 127. The van der Waals surface area contributed by atoms with Gasteiger partial charge in [0.25, 0.3) is 0 Å². The minimum atomic E-state index is 0. The molecule has 0 saturated carbocycles. The molecule has 1 aromatic carbocycles. The summed E-state index contributed by atoms with van der Waals surface area (Å²) in [6.07, 6.45) is 3.88. The van der Waals surface area contributed by atoms with Crippen LogP contribution in [0, 0.1) is 11.8 Å². The van der Waals surface area contributed by atoms with Gasteiger partial charge in [0.05, 0.1) is 13.2 Å². The van der Waals surface area contributed by atoms with Crippen molar-refractivity contribution in [2.24, 2.45) is 16.8 Å². The molecule has 2 saturated heterocycles. The zero-order chi connectivity index (χ0) is 19.8.